The summed E-state index contributed by atoms with van der Waals surface area (Å²) in [5.74, 6) is 1.69. The van der Waals surface area contributed by atoms with Gasteiger partial charge in [-0.2, -0.15) is 0 Å². The van der Waals surface area contributed by atoms with Gasteiger partial charge in [-0.1, -0.05) is 12.1 Å². The molecule has 0 amide bonds. The molecule has 2 nitrogen and oxygen atoms in total. The van der Waals surface area contributed by atoms with Crippen LogP contribution in [-0.4, -0.2) is 23.7 Å². The number of halogens is 1. The van der Waals surface area contributed by atoms with Crippen molar-refractivity contribution in [3.63, 3.8) is 0 Å². The summed E-state index contributed by atoms with van der Waals surface area (Å²) in [4.78, 5) is 13.0. The van der Waals surface area contributed by atoms with Gasteiger partial charge in [0.1, 0.15) is 5.67 Å². The fraction of sp³-hybridized carbons (Fsp3) is 0.588. The van der Waals surface area contributed by atoms with Gasteiger partial charge in [-0.15, -0.1) is 11.8 Å². The molecule has 1 aliphatic rings. The van der Waals surface area contributed by atoms with Crippen LogP contribution < -0.4 is 5.73 Å². The second-order valence-electron chi connectivity index (χ2n) is 6.16. The summed E-state index contributed by atoms with van der Waals surface area (Å²) in [6.45, 7) is 2.10. The van der Waals surface area contributed by atoms with Crippen LogP contribution in [-0.2, 0) is 0 Å². The first kappa shape index (κ1) is 16.5. The number of carbonyl (C=O) groups is 1. The predicted octanol–water partition coefficient (Wildman–Crippen LogP) is 4.23. The minimum Gasteiger partial charge on any atom is -0.330 e. The number of carbonyl (C=O) groups excluding carboxylic acids is 1. The third-order valence-electron chi connectivity index (χ3n) is 4.16. The summed E-state index contributed by atoms with van der Waals surface area (Å²) in [6, 6.07) is 7.75. The summed E-state index contributed by atoms with van der Waals surface area (Å²) in [5, 5.41) is 0. The third kappa shape index (κ3) is 5.11. The number of nitrogens with two attached hydrogens (primary N) is 1. The summed E-state index contributed by atoms with van der Waals surface area (Å²) in [7, 11) is 0. The van der Waals surface area contributed by atoms with Gasteiger partial charge in [-0.3, -0.25) is 4.79 Å². The number of hydrogen-bond donors (Lipinski definition) is 1. The lowest BCUT2D eigenvalue weighted by atomic mass is 9.82. The number of rotatable bonds is 6. The second-order valence-corrected chi connectivity index (χ2v) is 7.25. The molecular weight excluding hydrogens is 285 g/mol. The molecule has 1 aromatic carbocycles. The number of ketones is 1. The molecule has 2 rings (SSSR count). The van der Waals surface area contributed by atoms with E-state index in [2.05, 4.69) is 0 Å². The molecule has 0 spiro atoms. The Balaban J connectivity index is 1.86. The molecule has 2 N–H and O–H groups in total. The molecule has 1 saturated carbocycles. The predicted molar refractivity (Wildman–Crippen MR) is 86.6 cm³/mol. The van der Waals surface area contributed by atoms with Crippen molar-refractivity contribution in [2.75, 3.05) is 12.3 Å². The number of hydrogen-bond acceptors (Lipinski definition) is 3. The first-order valence-electron chi connectivity index (χ1n) is 7.65. The molecule has 4 heteroatoms. The lowest BCUT2D eigenvalue weighted by Gasteiger charge is -2.30. The van der Waals surface area contributed by atoms with E-state index in [1.165, 1.54) is 0 Å². The largest absolute Gasteiger partial charge is 0.330 e. The van der Waals surface area contributed by atoms with Gasteiger partial charge in [0.25, 0.3) is 0 Å². The van der Waals surface area contributed by atoms with E-state index in [4.69, 9.17) is 5.73 Å². The maximum Gasteiger partial charge on any atom is 0.164 e. The Morgan fingerprint density at radius 2 is 2.14 bits per heavy atom. The van der Waals surface area contributed by atoms with Crippen LogP contribution in [0.25, 0.3) is 0 Å². The van der Waals surface area contributed by atoms with Crippen LogP contribution in [0.5, 0.6) is 0 Å². The zero-order valence-electron chi connectivity index (χ0n) is 12.6. The number of benzene rings is 1. The van der Waals surface area contributed by atoms with Crippen molar-refractivity contribution in [1.82, 2.24) is 0 Å². The lowest BCUT2D eigenvalue weighted by Crippen LogP contribution is -2.26. The van der Waals surface area contributed by atoms with Gasteiger partial charge < -0.3 is 5.73 Å². The minimum absolute atomic E-state index is 0.103. The van der Waals surface area contributed by atoms with Gasteiger partial charge in [0.2, 0.25) is 0 Å². The Labute approximate surface area is 130 Å². The molecule has 0 aliphatic heterocycles. The molecule has 21 heavy (non-hydrogen) atoms. The van der Waals surface area contributed by atoms with E-state index >= 15 is 0 Å². The van der Waals surface area contributed by atoms with Crippen molar-refractivity contribution in [3.8, 4) is 0 Å². The first-order chi connectivity index (χ1) is 10.00. The average molecular weight is 309 g/mol. The van der Waals surface area contributed by atoms with E-state index in [9.17, 15) is 9.18 Å². The van der Waals surface area contributed by atoms with Gasteiger partial charge in [-0.05, 0) is 57.2 Å². The maximum atomic E-state index is 13.8. The highest BCUT2D eigenvalue weighted by atomic mass is 32.2. The normalized spacial score (nSPS) is 25.8. The van der Waals surface area contributed by atoms with E-state index < -0.39 is 5.67 Å². The summed E-state index contributed by atoms with van der Waals surface area (Å²) >= 11 is 1.77. The topological polar surface area (TPSA) is 43.1 Å². The zero-order valence-corrected chi connectivity index (χ0v) is 13.4. The van der Waals surface area contributed by atoms with E-state index in [0.29, 0.717) is 31.7 Å². The van der Waals surface area contributed by atoms with Crippen molar-refractivity contribution >= 4 is 17.5 Å². The van der Waals surface area contributed by atoms with Crippen molar-refractivity contribution in [2.45, 2.75) is 49.6 Å². The Bertz CT molecular complexity index is 479. The molecule has 0 bridgehead atoms. The summed E-state index contributed by atoms with van der Waals surface area (Å²) in [6.07, 6.45) is 3.67. The Hall–Kier alpha value is -0.870. The van der Waals surface area contributed by atoms with Crippen molar-refractivity contribution < 1.29 is 9.18 Å². The van der Waals surface area contributed by atoms with Crippen LogP contribution in [0.3, 0.4) is 0 Å². The number of thioether (sulfide) groups is 1. The van der Waals surface area contributed by atoms with Crippen LogP contribution in [0.4, 0.5) is 4.39 Å². The molecule has 1 fully saturated rings. The van der Waals surface area contributed by atoms with Gasteiger partial charge in [0.15, 0.2) is 5.78 Å². The van der Waals surface area contributed by atoms with E-state index in [1.807, 2.05) is 24.3 Å². The number of Topliss-reactive ketones (excluding diaryl/α,β-unsaturated/α-hetero) is 1. The minimum atomic E-state index is -0.963. The fourth-order valence-corrected chi connectivity index (χ4v) is 3.84. The molecule has 0 atom stereocenters. The van der Waals surface area contributed by atoms with Crippen LogP contribution in [0.15, 0.2) is 29.2 Å². The average Bonchev–Trinajstić information content (AvgIpc) is 2.47. The summed E-state index contributed by atoms with van der Waals surface area (Å²) < 4.78 is 13.8. The molecule has 0 saturated heterocycles. The SMILES string of the molecule is CC1(F)CCC(CSc2cccc(C(=O)CCN)c2)CC1. The van der Waals surface area contributed by atoms with E-state index in [0.717, 1.165) is 29.1 Å². The first-order valence-corrected chi connectivity index (χ1v) is 8.64. The third-order valence-corrected chi connectivity index (χ3v) is 5.39. The Morgan fingerprint density at radius 1 is 1.43 bits per heavy atom. The number of alkyl halides is 1. The fourth-order valence-electron chi connectivity index (χ4n) is 2.69. The Morgan fingerprint density at radius 3 is 2.81 bits per heavy atom. The highest BCUT2D eigenvalue weighted by Gasteiger charge is 2.30. The molecule has 0 unspecified atom stereocenters. The lowest BCUT2D eigenvalue weighted by molar-refractivity contribution is 0.0985. The smallest absolute Gasteiger partial charge is 0.164 e. The van der Waals surface area contributed by atoms with Crippen molar-refractivity contribution in [3.05, 3.63) is 29.8 Å². The van der Waals surface area contributed by atoms with Crippen LogP contribution >= 0.6 is 11.8 Å². The van der Waals surface area contributed by atoms with Crippen LogP contribution in [0, 0.1) is 5.92 Å². The van der Waals surface area contributed by atoms with Crippen molar-refractivity contribution in [1.29, 1.82) is 0 Å². The Kier molecular flexibility index (Phi) is 5.82. The van der Waals surface area contributed by atoms with Crippen LogP contribution in [0.2, 0.25) is 0 Å². The van der Waals surface area contributed by atoms with Gasteiger partial charge in [-0.25, -0.2) is 4.39 Å². The van der Waals surface area contributed by atoms with Crippen molar-refractivity contribution in [2.24, 2.45) is 11.7 Å². The molecule has 0 aromatic heterocycles. The maximum absolute atomic E-state index is 13.8. The molecular formula is C17H24FNOS. The monoisotopic (exact) mass is 309 g/mol. The quantitative estimate of drug-likeness (QED) is 0.631. The van der Waals surface area contributed by atoms with E-state index in [-0.39, 0.29) is 5.78 Å². The molecule has 116 valence electrons. The highest BCUT2D eigenvalue weighted by Crippen LogP contribution is 2.37. The molecule has 0 heterocycles. The van der Waals surface area contributed by atoms with Gasteiger partial charge >= 0.3 is 0 Å². The van der Waals surface area contributed by atoms with Gasteiger partial charge in [0.05, 0.1) is 0 Å². The molecule has 1 aromatic rings. The standard InChI is InChI=1S/C17H24FNOS/c1-17(18)8-5-13(6-9-17)12-21-15-4-2-3-14(11-15)16(20)7-10-19/h2-4,11,13H,5-10,12,19H2,1H3. The zero-order chi connectivity index (χ0) is 15.3. The van der Waals surface area contributed by atoms with Crippen LogP contribution in [0.1, 0.15) is 49.4 Å². The van der Waals surface area contributed by atoms with Gasteiger partial charge in [0, 0.05) is 22.6 Å². The highest BCUT2D eigenvalue weighted by molar-refractivity contribution is 7.99. The second kappa shape index (κ2) is 7.41. The summed E-state index contributed by atoms with van der Waals surface area (Å²) in [5.41, 5.74) is 5.20. The molecule has 1 aliphatic carbocycles. The van der Waals surface area contributed by atoms with E-state index in [1.54, 1.807) is 18.7 Å². The molecule has 0 radical (unpaired) electrons.